The van der Waals surface area contributed by atoms with Crippen LogP contribution in [0.5, 0.6) is 17.2 Å². The van der Waals surface area contributed by atoms with E-state index in [4.69, 9.17) is 18.9 Å². The fourth-order valence-electron chi connectivity index (χ4n) is 5.42. The molecule has 3 rings (SSSR count). The Bertz CT molecular complexity index is 1430. The van der Waals surface area contributed by atoms with Crippen molar-refractivity contribution in [2.45, 2.75) is 58.2 Å². The van der Waals surface area contributed by atoms with Gasteiger partial charge in [0.1, 0.15) is 12.1 Å². The number of benzene rings is 1. The molecular weight excluding hydrogens is 586 g/mol. The van der Waals surface area contributed by atoms with E-state index in [9.17, 15) is 19.2 Å². The average Bonchev–Trinajstić information content (AvgIpc) is 3.24. The Morgan fingerprint density at radius 3 is 2.30 bits per heavy atom. The highest BCUT2D eigenvalue weighted by Gasteiger charge is 2.31. The molecule has 240 valence electrons. The van der Waals surface area contributed by atoms with E-state index in [1.807, 2.05) is 26.2 Å². The number of anilines is 1. The molecule has 0 aliphatic heterocycles. The van der Waals surface area contributed by atoms with Crippen LogP contribution in [0.3, 0.4) is 0 Å². The maximum atomic E-state index is 13.8. The summed E-state index contributed by atoms with van der Waals surface area (Å²) < 4.78 is 22.0. The van der Waals surface area contributed by atoms with Crippen LogP contribution in [0.15, 0.2) is 29.1 Å². The Hall–Kier alpha value is -3.93. The SMILES string of the molecule is COC(=O)[C@@H](CCSC)NC(=O)[C@H](Nc1ccc2c(cc1=O)[C@H](NC(C)=O)CCc1cc(OC)c(OC)c(OC)c1-2)C(C)C. The fourth-order valence-corrected chi connectivity index (χ4v) is 5.89. The third kappa shape index (κ3) is 7.77. The Kier molecular flexibility index (Phi) is 12.3. The van der Waals surface area contributed by atoms with Crippen LogP contribution in [0, 0.1) is 5.92 Å². The molecule has 0 bridgehead atoms. The molecule has 44 heavy (non-hydrogen) atoms. The van der Waals surface area contributed by atoms with E-state index in [2.05, 4.69) is 16.0 Å². The molecule has 1 aliphatic carbocycles. The third-order valence-electron chi connectivity index (χ3n) is 7.59. The quantitative estimate of drug-likeness (QED) is 0.281. The molecule has 1 aliphatic rings. The van der Waals surface area contributed by atoms with Crippen LogP contribution >= 0.6 is 11.8 Å². The van der Waals surface area contributed by atoms with Crippen molar-refractivity contribution in [3.8, 4) is 28.4 Å². The highest BCUT2D eigenvalue weighted by Crippen LogP contribution is 2.50. The number of nitrogens with one attached hydrogen (secondary N) is 3. The molecule has 11 nitrogen and oxygen atoms in total. The number of ether oxygens (including phenoxy) is 4. The van der Waals surface area contributed by atoms with Gasteiger partial charge < -0.3 is 34.9 Å². The summed E-state index contributed by atoms with van der Waals surface area (Å²) in [5.74, 6) is 0.583. The van der Waals surface area contributed by atoms with E-state index in [-0.39, 0.29) is 22.9 Å². The highest BCUT2D eigenvalue weighted by atomic mass is 32.2. The van der Waals surface area contributed by atoms with Gasteiger partial charge in [-0.1, -0.05) is 19.9 Å². The van der Waals surface area contributed by atoms with E-state index in [1.54, 1.807) is 31.0 Å². The molecule has 3 N–H and O–H groups in total. The van der Waals surface area contributed by atoms with Crippen LogP contribution in [0.2, 0.25) is 0 Å². The Morgan fingerprint density at radius 1 is 1.02 bits per heavy atom. The molecule has 0 spiro atoms. The summed E-state index contributed by atoms with van der Waals surface area (Å²) in [6.07, 6.45) is 3.41. The van der Waals surface area contributed by atoms with Crippen molar-refractivity contribution in [1.29, 1.82) is 0 Å². The van der Waals surface area contributed by atoms with Gasteiger partial charge in [-0.15, -0.1) is 0 Å². The zero-order valence-corrected chi connectivity index (χ0v) is 27.4. The first kappa shape index (κ1) is 34.6. The summed E-state index contributed by atoms with van der Waals surface area (Å²) in [6, 6.07) is 4.69. The molecule has 0 saturated carbocycles. The lowest BCUT2D eigenvalue weighted by Gasteiger charge is -2.25. The number of thioether (sulfide) groups is 1. The van der Waals surface area contributed by atoms with Gasteiger partial charge >= 0.3 is 5.97 Å². The number of hydrogen-bond acceptors (Lipinski definition) is 10. The minimum atomic E-state index is -0.830. The number of hydrogen-bond donors (Lipinski definition) is 3. The first-order chi connectivity index (χ1) is 21.0. The number of esters is 1. The van der Waals surface area contributed by atoms with E-state index in [0.29, 0.717) is 53.4 Å². The highest BCUT2D eigenvalue weighted by molar-refractivity contribution is 7.98. The molecule has 2 aromatic rings. The van der Waals surface area contributed by atoms with E-state index >= 15 is 0 Å². The van der Waals surface area contributed by atoms with Gasteiger partial charge in [0.2, 0.25) is 23.0 Å². The summed E-state index contributed by atoms with van der Waals surface area (Å²) in [7, 11) is 5.89. The van der Waals surface area contributed by atoms with Gasteiger partial charge in [-0.3, -0.25) is 14.4 Å². The fraction of sp³-hybridized carbons (Fsp3) is 0.500. The third-order valence-corrected chi connectivity index (χ3v) is 8.23. The van der Waals surface area contributed by atoms with E-state index in [1.165, 1.54) is 34.3 Å². The molecule has 0 radical (unpaired) electrons. The van der Waals surface area contributed by atoms with Crippen molar-refractivity contribution in [2.75, 3.05) is 45.8 Å². The first-order valence-corrected chi connectivity index (χ1v) is 15.8. The molecule has 2 amide bonds. The minimum absolute atomic E-state index is 0.188. The monoisotopic (exact) mass is 629 g/mol. The van der Waals surface area contributed by atoms with Crippen LogP contribution in [0.4, 0.5) is 5.69 Å². The minimum Gasteiger partial charge on any atom is -0.493 e. The Labute approximate surface area is 262 Å². The smallest absolute Gasteiger partial charge is 0.328 e. The van der Waals surface area contributed by atoms with Gasteiger partial charge in [-0.25, -0.2) is 4.79 Å². The number of carbonyl (C=O) groups is 3. The summed E-state index contributed by atoms with van der Waals surface area (Å²) in [4.78, 5) is 51.8. The van der Waals surface area contributed by atoms with Crippen molar-refractivity contribution in [3.05, 3.63) is 45.6 Å². The van der Waals surface area contributed by atoms with Gasteiger partial charge in [0.05, 0.1) is 40.2 Å². The Balaban J connectivity index is 2.16. The van der Waals surface area contributed by atoms with Gasteiger partial charge in [0, 0.05) is 12.5 Å². The lowest BCUT2D eigenvalue weighted by atomic mass is 9.95. The summed E-state index contributed by atoms with van der Waals surface area (Å²) in [5.41, 5.74) is 2.73. The molecule has 12 heteroatoms. The largest absolute Gasteiger partial charge is 0.493 e. The average molecular weight is 630 g/mol. The molecule has 0 aromatic heterocycles. The number of carbonyl (C=O) groups excluding carboxylic acids is 3. The zero-order valence-electron chi connectivity index (χ0n) is 26.6. The van der Waals surface area contributed by atoms with Gasteiger partial charge in [-0.2, -0.15) is 11.8 Å². The molecule has 2 aromatic carbocycles. The number of rotatable bonds is 13. The van der Waals surface area contributed by atoms with E-state index in [0.717, 1.165) is 11.1 Å². The van der Waals surface area contributed by atoms with Gasteiger partial charge in [-0.05, 0) is 72.1 Å². The molecule has 3 atom stereocenters. The normalized spacial score (nSPS) is 15.1. The second-order valence-corrected chi connectivity index (χ2v) is 11.8. The molecule has 0 fully saturated rings. The van der Waals surface area contributed by atoms with Crippen molar-refractivity contribution < 1.29 is 33.3 Å². The number of amides is 2. The predicted octanol–water partition coefficient (Wildman–Crippen LogP) is 3.71. The Morgan fingerprint density at radius 2 is 1.73 bits per heavy atom. The maximum Gasteiger partial charge on any atom is 0.328 e. The second kappa shape index (κ2) is 15.7. The maximum absolute atomic E-state index is 13.8. The molecular formula is C32H43N3O8S. The van der Waals surface area contributed by atoms with Crippen LogP contribution in [-0.4, -0.2) is 70.3 Å². The van der Waals surface area contributed by atoms with Crippen molar-refractivity contribution >= 4 is 35.2 Å². The summed E-state index contributed by atoms with van der Waals surface area (Å²) in [6.45, 7) is 5.13. The molecule has 0 heterocycles. The van der Waals surface area contributed by atoms with Crippen molar-refractivity contribution in [1.82, 2.24) is 10.6 Å². The first-order valence-electron chi connectivity index (χ1n) is 14.4. The van der Waals surface area contributed by atoms with Crippen molar-refractivity contribution in [3.63, 3.8) is 0 Å². The van der Waals surface area contributed by atoms with Crippen molar-refractivity contribution in [2.24, 2.45) is 5.92 Å². The van der Waals surface area contributed by atoms with Crippen LogP contribution < -0.4 is 35.6 Å². The standard InChI is InChI=1S/C32H43N3O8S/c1-17(2)28(31(38)35-24(13-14-44-8)32(39)43-7)34-23-12-10-20-21(16-25(23)37)22(33-18(3)36)11-9-19-15-26(40-4)29(41-5)30(42-6)27(19)20/h10,12,15-17,22,24,28H,9,11,13-14H2,1-8H3,(H,33,36)(H,34,37)(H,35,38)/t22-,24-,28-/m1/s1. The van der Waals surface area contributed by atoms with Gasteiger partial charge in [0.15, 0.2) is 11.5 Å². The number of fused-ring (bicyclic) bond motifs is 3. The summed E-state index contributed by atoms with van der Waals surface area (Å²) in [5, 5.41) is 8.91. The van der Waals surface area contributed by atoms with Crippen LogP contribution in [0.25, 0.3) is 11.1 Å². The summed E-state index contributed by atoms with van der Waals surface area (Å²) >= 11 is 1.56. The van der Waals surface area contributed by atoms with Gasteiger partial charge in [0.25, 0.3) is 0 Å². The number of aryl methyl sites for hydroxylation is 1. The molecule has 0 saturated heterocycles. The lowest BCUT2D eigenvalue weighted by molar-refractivity contribution is -0.145. The lowest BCUT2D eigenvalue weighted by Crippen LogP contribution is -2.50. The van der Waals surface area contributed by atoms with Crippen LogP contribution in [0.1, 0.15) is 50.8 Å². The van der Waals surface area contributed by atoms with E-state index < -0.39 is 30.0 Å². The zero-order chi connectivity index (χ0) is 32.6. The second-order valence-electron chi connectivity index (χ2n) is 10.8. The predicted molar refractivity (Wildman–Crippen MR) is 172 cm³/mol. The number of methoxy groups -OCH3 is 4. The molecule has 0 unspecified atom stereocenters. The van der Waals surface area contributed by atoms with Crippen LogP contribution in [-0.2, 0) is 25.5 Å². The topological polar surface area (TPSA) is 141 Å².